The number of nitrogens with one attached hydrogen (secondary N) is 1. The Hall–Kier alpha value is -0.930. The fourth-order valence-electron chi connectivity index (χ4n) is 3.36. The lowest BCUT2D eigenvalue weighted by molar-refractivity contribution is 0.166. The quantitative estimate of drug-likeness (QED) is 0.884. The Bertz CT molecular complexity index is 404. The maximum atomic E-state index is 4.15. The highest BCUT2D eigenvalue weighted by molar-refractivity contribution is 5.21. The molecule has 0 aliphatic carbocycles. The van der Waals surface area contributed by atoms with Gasteiger partial charge in [-0.3, -0.25) is 4.98 Å². The summed E-state index contributed by atoms with van der Waals surface area (Å²) in [4.78, 5) is 6.83. The van der Waals surface area contributed by atoms with Crippen molar-refractivity contribution < 1.29 is 0 Å². The molecule has 2 saturated heterocycles. The number of aryl methyl sites for hydroxylation is 1. The first-order valence-electron chi connectivity index (χ1n) is 7.20. The van der Waals surface area contributed by atoms with Gasteiger partial charge in [-0.2, -0.15) is 0 Å². The number of aromatic nitrogens is 1. The van der Waals surface area contributed by atoms with Gasteiger partial charge in [0, 0.05) is 31.0 Å². The van der Waals surface area contributed by atoms with Crippen molar-refractivity contribution in [1.82, 2.24) is 15.2 Å². The van der Waals surface area contributed by atoms with E-state index in [-0.39, 0.29) is 0 Å². The van der Waals surface area contributed by atoms with Crippen molar-refractivity contribution >= 4 is 0 Å². The minimum absolute atomic E-state index is 0.705. The molecule has 0 radical (unpaired) electrons. The summed E-state index contributed by atoms with van der Waals surface area (Å²) in [5.74, 6) is 0. The molecule has 2 aliphatic heterocycles. The van der Waals surface area contributed by atoms with Gasteiger partial charge in [-0.15, -0.1) is 0 Å². The third-order valence-corrected chi connectivity index (χ3v) is 4.54. The molecule has 0 bridgehead atoms. The molecule has 2 fully saturated rings. The van der Waals surface area contributed by atoms with Gasteiger partial charge in [0.25, 0.3) is 0 Å². The molecule has 2 atom stereocenters. The van der Waals surface area contributed by atoms with E-state index in [0.717, 1.165) is 12.6 Å². The normalized spacial score (nSPS) is 28.3. The molecular formula is C15H23N3. The number of fused-ring (bicyclic) bond motifs is 1. The van der Waals surface area contributed by atoms with Crippen molar-refractivity contribution in [3.8, 4) is 0 Å². The van der Waals surface area contributed by atoms with Crippen LogP contribution in [0.4, 0.5) is 0 Å². The Morgan fingerprint density at radius 3 is 3.22 bits per heavy atom. The van der Waals surface area contributed by atoms with E-state index in [0.29, 0.717) is 6.04 Å². The zero-order chi connectivity index (χ0) is 12.4. The second-order valence-electron chi connectivity index (χ2n) is 5.74. The fraction of sp³-hybridized carbons (Fsp3) is 0.667. The number of nitrogens with zero attached hydrogens (tertiary/aromatic N) is 2. The van der Waals surface area contributed by atoms with Crippen LogP contribution in [0.3, 0.4) is 0 Å². The van der Waals surface area contributed by atoms with Crippen LogP contribution in [0.1, 0.15) is 36.8 Å². The molecule has 1 N–H and O–H groups in total. The van der Waals surface area contributed by atoms with Crippen LogP contribution in [-0.4, -0.2) is 35.1 Å². The minimum Gasteiger partial charge on any atom is -0.310 e. The maximum Gasteiger partial charge on any atom is 0.0300 e. The molecule has 98 valence electrons. The average molecular weight is 245 g/mol. The van der Waals surface area contributed by atoms with Gasteiger partial charge in [0.15, 0.2) is 0 Å². The molecule has 0 spiro atoms. The Morgan fingerprint density at radius 1 is 1.39 bits per heavy atom. The van der Waals surface area contributed by atoms with E-state index in [1.165, 1.54) is 49.9 Å². The molecule has 18 heavy (non-hydrogen) atoms. The van der Waals surface area contributed by atoms with Gasteiger partial charge in [0.05, 0.1) is 0 Å². The lowest BCUT2D eigenvalue weighted by Crippen LogP contribution is -2.45. The van der Waals surface area contributed by atoms with Crippen molar-refractivity contribution in [3.05, 3.63) is 29.6 Å². The number of piperidine rings is 1. The summed E-state index contributed by atoms with van der Waals surface area (Å²) in [6.07, 6.45) is 9.30. The van der Waals surface area contributed by atoms with Crippen LogP contribution < -0.4 is 5.32 Å². The van der Waals surface area contributed by atoms with Crippen LogP contribution in [0, 0.1) is 6.92 Å². The first-order chi connectivity index (χ1) is 8.83. The van der Waals surface area contributed by atoms with Gasteiger partial charge in [0.1, 0.15) is 0 Å². The summed E-state index contributed by atoms with van der Waals surface area (Å²) in [5, 5.41) is 3.74. The molecule has 3 nitrogen and oxygen atoms in total. The van der Waals surface area contributed by atoms with Crippen LogP contribution >= 0.6 is 0 Å². The molecule has 2 unspecified atom stereocenters. The van der Waals surface area contributed by atoms with Gasteiger partial charge in [-0.25, -0.2) is 0 Å². The van der Waals surface area contributed by atoms with Crippen molar-refractivity contribution in [3.63, 3.8) is 0 Å². The summed E-state index contributed by atoms with van der Waals surface area (Å²) >= 11 is 0. The summed E-state index contributed by atoms with van der Waals surface area (Å²) in [7, 11) is 0. The molecule has 3 rings (SSSR count). The van der Waals surface area contributed by atoms with Crippen molar-refractivity contribution in [2.45, 2.75) is 51.2 Å². The molecule has 1 aromatic heterocycles. The van der Waals surface area contributed by atoms with Crippen molar-refractivity contribution in [1.29, 1.82) is 0 Å². The smallest absolute Gasteiger partial charge is 0.0300 e. The van der Waals surface area contributed by atoms with Crippen LogP contribution in [0.5, 0.6) is 0 Å². The summed E-state index contributed by atoms with van der Waals surface area (Å²) in [5.41, 5.74) is 2.68. The van der Waals surface area contributed by atoms with Crippen LogP contribution in [0.2, 0.25) is 0 Å². The number of rotatable bonds is 3. The topological polar surface area (TPSA) is 28.2 Å². The molecule has 3 heteroatoms. The average Bonchev–Trinajstić information content (AvgIpc) is 2.85. The van der Waals surface area contributed by atoms with E-state index in [1.54, 1.807) is 0 Å². The van der Waals surface area contributed by atoms with Gasteiger partial charge in [-0.1, -0.05) is 0 Å². The highest BCUT2D eigenvalue weighted by Crippen LogP contribution is 2.26. The fourth-order valence-corrected chi connectivity index (χ4v) is 3.36. The first-order valence-corrected chi connectivity index (χ1v) is 7.20. The van der Waals surface area contributed by atoms with Crippen LogP contribution in [0.15, 0.2) is 18.5 Å². The highest BCUT2D eigenvalue weighted by atomic mass is 15.2. The number of hydrogen-bond acceptors (Lipinski definition) is 3. The minimum atomic E-state index is 0.705. The third kappa shape index (κ3) is 2.57. The van der Waals surface area contributed by atoms with E-state index in [2.05, 4.69) is 28.2 Å². The predicted octanol–water partition coefficient (Wildman–Crippen LogP) is 2.11. The highest BCUT2D eigenvalue weighted by Gasteiger charge is 2.31. The monoisotopic (exact) mass is 245 g/mol. The molecule has 0 aromatic carbocycles. The second-order valence-corrected chi connectivity index (χ2v) is 5.74. The molecule has 0 amide bonds. The molecule has 2 aliphatic rings. The van der Waals surface area contributed by atoms with E-state index in [1.807, 2.05) is 12.4 Å². The van der Waals surface area contributed by atoms with E-state index in [9.17, 15) is 0 Å². The Balaban J connectivity index is 1.53. The van der Waals surface area contributed by atoms with Crippen LogP contribution in [0.25, 0.3) is 0 Å². The van der Waals surface area contributed by atoms with E-state index < -0.39 is 0 Å². The van der Waals surface area contributed by atoms with Gasteiger partial charge >= 0.3 is 0 Å². The third-order valence-electron chi connectivity index (χ3n) is 4.54. The van der Waals surface area contributed by atoms with Crippen LogP contribution in [-0.2, 0) is 6.54 Å². The summed E-state index contributed by atoms with van der Waals surface area (Å²) in [6.45, 7) is 5.76. The number of pyridine rings is 1. The SMILES string of the molecule is Cc1cnccc1CNC1CCN2CCCC2C1. The van der Waals surface area contributed by atoms with E-state index in [4.69, 9.17) is 0 Å². The molecular weight excluding hydrogens is 222 g/mol. The lowest BCUT2D eigenvalue weighted by Gasteiger charge is -2.35. The van der Waals surface area contributed by atoms with Gasteiger partial charge in [0.2, 0.25) is 0 Å². The van der Waals surface area contributed by atoms with Gasteiger partial charge < -0.3 is 10.2 Å². The number of hydrogen-bond donors (Lipinski definition) is 1. The first kappa shape index (κ1) is 12.1. The molecule has 1 aromatic rings. The zero-order valence-corrected chi connectivity index (χ0v) is 11.2. The molecule has 3 heterocycles. The zero-order valence-electron chi connectivity index (χ0n) is 11.2. The Kier molecular flexibility index (Phi) is 3.62. The lowest BCUT2D eigenvalue weighted by atomic mass is 9.97. The molecule has 0 saturated carbocycles. The largest absolute Gasteiger partial charge is 0.310 e. The maximum absolute atomic E-state index is 4.15. The predicted molar refractivity (Wildman–Crippen MR) is 73.4 cm³/mol. The van der Waals surface area contributed by atoms with Gasteiger partial charge in [-0.05, 0) is 62.9 Å². The summed E-state index contributed by atoms with van der Waals surface area (Å²) < 4.78 is 0. The second kappa shape index (κ2) is 5.37. The Labute approximate surface area is 110 Å². The van der Waals surface area contributed by atoms with Crippen molar-refractivity contribution in [2.75, 3.05) is 13.1 Å². The summed E-state index contributed by atoms with van der Waals surface area (Å²) in [6, 6.07) is 3.69. The van der Waals surface area contributed by atoms with E-state index >= 15 is 0 Å². The Morgan fingerprint density at radius 2 is 2.33 bits per heavy atom. The standard InChI is InChI=1S/C15H23N3/c1-12-10-16-6-4-13(12)11-17-14-5-8-18-7-2-3-15(18)9-14/h4,6,10,14-15,17H,2-3,5,7-9,11H2,1H3. The van der Waals surface area contributed by atoms with Crippen molar-refractivity contribution in [2.24, 2.45) is 0 Å².